The van der Waals surface area contributed by atoms with E-state index in [-0.39, 0.29) is 17.5 Å². The summed E-state index contributed by atoms with van der Waals surface area (Å²) in [6.45, 7) is 0.767. The maximum absolute atomic E-state index is 12.7. The molecule has 0 N–H and O–H groups in total. The van der Waals surface area contributed by atoms with Gasteiger partial charge in [-0.25, -0.2) is 4.98 Å². The van der Waals surface area contributed by atoms with E-state index in [1.165, 1.54) is 15.8 Å². The Morgan fingerprint density at radius 1 is 1.35 bits per heavy atom. The molecule has 0 aliphatic carbocycles. The fourth-order valence-electron chi connectivity index (χ4n) is 2.92. The van der Waals surface area contributed by atoms with Crippen LogP contribution in [0.25, 0.3) is 10.9 Å². The SMILES string of the molecule is Cn1cnc2cc(C(=O)N3CC[C@@H]3c3cccs3)ccc2c1=O. The van der Waals surface area contributed by atoms with Crippen molar-refractivity contribution in [3.8, 4) is 0 Å². The van der Waals surface area contributed by atoms with Gasteiger partial charge in [-0.05, 0) is 36.1 Å². The molecular formula is C17H15N3O2S. The predicted molar refractivity (Wildman–Crippen MR) is 89.7 cm³/mol. The quantitative estimate of drug-likeness (QED) is 0.728. The number of hydrogen-bond acceptors (Lipinski definition) is 4. The van der Waals surface area contributed by atoms with Crippen molar-refractivity contribution in [2.24, 2.45) is 7.05 Å². The molecule has 23 heavy (non-hydrogen) atoms. The van der Waals surface area contributed by atoms with E-state index < -0.39 is 0 Å². The number of fused-ring (bicyclic) bond motifs is 1. The molecule has 1 aliphatic heterocycles. The Balaban J connectivity index is 1.68. The number of aryl methyl sites for hydroxylation is 1. The average molecular weight is 325 g/mol. The van der Waals surface area contributed by atoms with Crippen molar-refractivity contribution in [3.05, 3.63) is 62.8 Å². The molecule has 0 bridgehead atoms. The number of rotatable bonds is 2. The number of aromatic nitrogens is 2. The van der Waals surface area contributed by atoms with Gasteiger partial charge in [0.15, 0.2) is 0 Å². The van der Waals surface area contributed by atoms with Gasteiger partial charge in [-0.2, -0.15) is 0 Å². The van der Waals surface area contributed by atoms with Gasteiger partial charge < -0.3 is 9.47 Å². The number of likely N-dealkylation sites (tertiary alicyclic amines) is 1. The molecule has 1 saturated heterocycles. The lowest BCUT2D eigenvalue weighted by Gasteiger charge is -2.40. The number of hydrogen-bond donors (Lipinski definition) is 0. The van der Waals surface area contributed by atoms with Gasteiger partial charge in [0.1, 0.15) is 0 Å². The van der Waals surface area contributed by atoms with Gasteiger partial charge in [0.05, 0.1) is 23.3 Å². The van der Waals surface area contributed by atoms with Crippen LogP contribution in [-0.4, -0.2) is 26.9 Å². The molecule has 2 aromatic heterocycles. The monoisotopic (exact) mass is 325 g/mol. The number of benzene rings is 1. The molecule has 1 amide bonds. The maximum Gasteiger partial charge on any atom is 0.260 e. The number of nitrogens with zero attached hydrogens (tertiary/aromatic N) is 3. The first kappa shape index (κ1) is 14.1. The number of carbonyl (C=O) groups excluding carboxylic acids is 1. The lowest BCUT2D eigenvalue weighted by atomic mass is 9.99. The Hall–Kier alpha value is -2.47. The van der Waals surface area contributed by atoms with Crippen molar-refractivity contribution in [2.45, 2.75) is 12.5 Å². The van der Waals surface area contributed by atoms with Crippen molar-refractivity contribution in [1.82, 2.24) is 14.5 Å². The molecule has 5 nitrogen and oxygen atoms in total. The molecule has 3 heterocycles. The summed E-state index contributed by atoms with van der Waals surface area (Å²) < 4.78 is 1.44. The Kier molecular flexibility index (Phi) is 3.27. The summed E-state index contributed by atoms with van der Waals surface area (Å²) in [7, 11) is 1.67. The maximum atomic E-state index is 12.7. The van der Waals surface area contributed by atoms with Crippen LogP contribution in [0.2, 0.25) is 0 Å². The fourth-order valence-corrected chi connectivity index (χ4v) is 3.79. The fraction of sp³-hybridized carbons (Fsp3) is 0.235. The lowest BCUT2D eigenvalue weighted by Crippen LogP contribution is -2.44. The van der Waals surface area contributed by atoms with E-state index in [2.05, 4.69) is 11.1 Å². The number of amides is 1. The second-order valence-electron chi connectivity index (χ2n) is 5.71. The van der Waals surface area contributed by atoms with Crippen LogP contribution < -0.4 is 5.56 Å². The van der Waals surface area contributed by atoms with Crippen LogP contribution in [0.15, 0.2) is 46.8 Å². The normalized spacial score (nSPS) is 17.3. The van der Waals surface area contributed by atoms with Gasteiger partial charge in [0, 0.05) is 24.0 Å². The second kappa shape index (κ2) is 5.31. The minimum Gasteiger partial charge on any atom is -0.331 e. The topological polar surface area (TPSA) is 55.2 Å². The molecule has 1 atom stereocenters. The molecular weight excluding hydrogens is 310 g/mol. The van der Waals surface area contributed by atoms with Gasteiger partial charge in [-0.15, -0.1) is 11.3 Å². The van der Waals surface area contributed by atoms with Gasteiger partial charge in [0.25, 0.3) is 11.5 Å². The van der Waals surface area contributed by atoms with Crippen LogP contribution in [0, 0.1) is 0 Å². The summed E-state index contributed by atoms with van der Waals surface area (Å²) in [4.78, 5) is 32.1. The molecule has 4 rings (SSSR count). The summed E-state index contributed by atoms with van der Waals surface area (Å²) >= 11 is 1.68. The third-order valence-electron chi connectivity index (χ3n) is 4.32. The average Bonchev–Trinajstić information content (AvgIpc) is 3.03. The molecule has 1 aromatic carbocycles. The Morgan fingerprint density at radius 3 is 2.91 bits per heavy atom. The summed E-state index contributed by atoms with van der Waals surface area (Å²) in [6.07, 6.45) is 2.48. The van der Waals surface area contributed by atoms with Crippen molar-refractivity contribution in [1.29, 1.82) is 0 Å². The van der Waals surface area contributed by atoms with Crippen LogP contribution >= 0.6 is 11.3 Å². The van der Waals surface area contributed by atoms with E-state index in [1.807, 2.05) is 16.3 Å². The zero-order chi connectivity index (χ0) is 16.0. The van der Waals surface area contributed by atoms with Crippen LogP contribution in [0.5, 0.6) is 0 Å². The second-order valence-corrected chi connectivity index (χ2v) is 6.69. The Morgan fingerprint density at radius 2 is 2.22 bits per heavy atom. The lowest BCUT2D eigenvalue weighted by molar-refractivity contribution is 0.0468. The zero-order valence-corrected chi connectivity index (χ0v) is 13.4. The van der Waals surface area contributed by atoms with E-state index in [4.69, 9.17) is 0 Å². The number of thiophene rings is 1. The van der Waals surface area contributed by atoms with Crippen molar-refractivity contribution in [2.75, 3.05) is 6.54 Å². The van der Waals surface area contributed by atoms with Crippen LogP contribution in [-0.2, 0) is 7.05 Å². The molecule has 0 spiro atoms. The summed E-state index contributed by atoms with van der Waals surface area (Å²) in [5, 5.41) is 2.57. The molecule has 1 fully saturated rings. The van der Waals surface area contributed by atoms with Gasteiger partial charge in [-0.3, -0.25) is 9.59 Å². The Bertz CT molecular complexity index is 946. The highest BCUT2D eigenvalue weighted by atomic mass is 32.1. The molecule has 116 valence electrons. The highest BCUT2D eigenvalue weighted by Gasteiger charge is 2.34. The first-order valence-electron chi connectivity index (χ1n) is 7.45. The van der Waals surface area contributed by atoms with E-state index >= 15 is 0 Å². The van der Waals surface area contributed by atoms with E-state index in [9.17, 15) is 9.59 Å². The van der Waals surface area contributed by atoms with Crippen LogP contribution in [0.3, 0.4) is 0 Å². The third kappa shape index (κ3) is 2.26. The highest BCUT2D eigenvalue weighted by molar-refractivity contribution is 7.10. The Labute approximate surface area is 136 Å². The van der Waals surface area contributed by atoms with Gasteiger partial charge in [-0.1, -0.05) is 6.07 Å². The highest BCUT2D eigenvalue weighted by Crippen LogP contribution is 2.36. The van der Waals surface area contributed by atoms with Crippen molar-refractivity contribution in [3.63, 3.8) is 0 Å². The van der Waals surface area contributed by atoms with E-state index in [0.717, 1.165) is 13.0 Å². The van der Waals surface area contributed by atoms with E-state index in [1.54, 1.807) is 36.6 Å². The van der Waals surface area contributed by atoms with Gasteiger partial charge in [0.2, 0.25) is 0 Å². The molecule has 0 saturated carbocycles. The zero-order valence-electron chi connectivity index (χ0n) is 12.6. The molecule has 3 aromatic rings. The van der Waals surface area contributed by atoms with Crippen molar-refractivity contribution < 1.29 is 4.79 Å². The minimum absolute atomic E-state index is 0.000901. The third-order valence-corrected chi connectivity index (χ3v) is 5.29. The van der Waals surface area contributed by atoms with Crippen LogP contribution in [0.4, 0.5) is 0 Å². The molecule has 6 heteroatoms. The number of carbonyl (C=O) groups is 1. The summed E-state index contributed by atoms with van der Waals surface area (Å²) in [5.41, 5.74) is 1.04. The van der Waals surface area contributed by atoms with E-state index in [0.29, 0.717) is 16.5 Å². The van der Waals surface area contributed by atoms with Crippen LogP contribution in [0.1, 0.15) is 27.7 Å². The first-order valence-corrected chi connectivity index (χ1v) is 8.33. The standard InChI is InChI=1S/C17H15N3O2S/c1-19-10-18-13-9-11(4-5-12(13)17(19)22)16(21)20-7-6-14(20)15-3-2-8-23-15/h2-5,8-10,14H,6-7H2,1H3/t14-/m1/s1. The molecule has 0 radical (unpaired) electrons. The smallest absolute Gasteiger partial charge is 0.260 e. The van der Waals surface area contributed by atoms with Gasteiger partial charge >= 0.3 is 0 Å². The molecule has 1 aliphatic rings. The predicted octanol–water partition coefficient (Wildman–Crippen LogP) is 2.58. The largest absolute Gasteiger partial charge is 0.331 e. The first-order chi connectivity index (χ1) is 11.1. The summed E-state index contributed by atoms with van der Waals surface area (Å²) in [6, 6.07) is 9.38. The molecule has 0 unspecified atom stereocenters. The minimum atomic E-state index is -0.102. The summed E-state index contributed by atoms with van der Waals surface area (Å²) in [5.74, 6) is -0.000901. The van der Waals surface area contributed by atoms with Crippen molar-refractivity contribution >= 4 is 28.1 Å².